The fraction of sp³-hybridized carbons (Fsp3) is 0.562. The Morgan fingerprint density at radius 2 is 1.83 bits per heavy atom. The number of hydrogen-bond donors (Lipinski definition) is 2. The fourth-order valence-electron chi connectivity index (χ4n) is 3.75. The first kappa shape index (κ1) is 16.9. The predicted octanol–water partition coefficient (Wildman–Crippen LogP) is 1.08. The van der Waals surface area contributed by atoms with Gasteiger partial charge in [0.05, 0.1) is 10.8 Å². The molecule has 0 saturated heterocycles. The van der Waals surface area contributed by atoms with Crippen LogP contribution in [0.5, 0.6) is 0 Å². The molecule has 1 heterocycles. The van der Waals surface area contributed by atoms with Gasteiger partial charge in [-0.2, -0.15) is 0 Å². The molecule has 3 saturated carbocycles. The minimum Gasteiger partial charge on any atom is -0.354 e. The first-order valence-corrected chi connectivity index (χ1v) is 9.69. The zero-order chi connectivity index (χ0) is 17.3. The first-order chi connectivity index (χ1) is 11.4. The predicted molar refractivity (Wildman–Crippen MR) is 87.9 cm³/mol. The third kappa shape index (κ3) is 3.28. The Kier molecular flexibility index (Phi) is 4.58. The van der Waals surface area contributed by atoms with Gasteiger partial charge in [-0.3, -0.25) is 14.6 Å². The number of fused-ring (bicyclic) bond motifs is 3. The molecule has 3 fully saturated rings. The van der Waals surface area contributed by atoms with Crippen LogP contribution in [0.2, 0.25) is 0 Å². The highest BCUT2D eigenvalue weighted by Crippen LogP contribution is 2.43. The van der Waals surface area contributed by atoms with Crippen LogP contribution in [-0.4, -0.2) is 37.5 Å². The third-order valence-electron chi connectivity index (χ3n) is 5.10. The number of carbonyl (C=O) groups is 2. The maximum absolute atomic E-state index is 12.6. The molecule has 2 bridgehead atoms. The number of amides is 2. The van der Waals surface area contributed by atoms with Gasteiger partial charge in [0, 0.05) is 13.2 Å². The first-order valence-electron chi connectivity index (χ1n) is 8.15. The Morgan fingerprint density at radius 1 is 1.12 bits per heavy atom. The molecule has 0 spiro atoms. The molecule has 24 heavy (non-hydrogen) atoms. The van der Waals surface area contributed by atoms with Gasteiger partial charge in [-0.05, 0) is 43.2 Å². The quantitative estimate of drug-likeness (QED) is 0.844. The zero-order valence-electron chi connectivity index (χ0n) is 13.5. The lowest BCUT2D eigenvalue weighted by Crippen LogP contribution is -2.47. The summed E-state index contributed by atoms with van der Waals surface area (Å²) in [4.78, 5) is 27.5. The molecule has 0 radical (unpaired) electrons. The van der Waals surface area contributed by atoms with Gasteiger partial charge in [0.2, 0.25) is 10.0 Å². The van der Waals surface area contributed by atoms with Gasteiger partial charge < -0.3 is 5.32 Å². The Hall–Kier alpha value is -1.96. The number of nitrogens with zero attached hydrogens (tertiary/aromatic N) is 1. The van der Waals surface area contributed by atoms with Crippen molar-refractivity contribution in [3.63, 3.8) is 0 Å². The standard InChI is InChI=1S/C16H21N3O4S/c1-17-16(21)13-7-6-12(9-18-13)15(20)19-24(22,23)14-8-10-2-4-11(14)5-3-10/h6-7,9-11,14H,2-5,8H2,1H3,(H,17,21)(H,19,20). The second kappa shape index (κ2) is 6.51. The van der Waals surface area contributed by atoms with Crippen molar-refractivity contribution in [1.82, 2.24) is 15.0 Å². The summed E-state index contributed by atoms with van der Waals surface area (Å²) in [7, 11) is -2.22. The van der Waals surface area contributed by atoms with Crippen molar-refractivity contribution >= 4 is 21.8 Å². The lowest BCUT2D eigenvalue weighted by Gasteiger charge is -2.41. The molecule has 3 aliphatic rings. The van der Waals surface area contributed by atoms with Crippen molar-refractivity contribution in [1.29, 1.82) is 0 Å². The molecule has 2 amide bonds. The van der Waals surface area contributed by atoms with Gasteiger partial charge in [-0.25, -0.2) is 13.1 Å². The summed E-state index contributed by atoms with van der Waals surface area (Å²) in [6, 6.07) is 2.79. The summed E-state index contributed by atoms with van der Waals surface area (Å²) in [5.41, 5.74) is 0.286. The summed E-state index contributed by atoms with van der Waals surface area (Å²) in [6.45, 7) is 0. The van der Waals surface area contributed by atoms with E-state index in [4.69, 9.17) is 0 Å². The van der Waals surface area contributed by atoms with Crippen molar-refractivity contribution in [2.75, 3.05) is 7.05 Å². The number of nitrogens with one attached hydrogen (secondary N) is 2. The van der Waals surface area contributed by atoms with Gasteiger partial charge in [0.25, 0.3) is 11.8 Å². The molecule has 1 unspecified atom stereocenters. The van der Waals surface area contributed by atoms with E-state index in [0.29, 0.717) is 12.3 Å². The molecule has 1 atom stereocenters. The molecular weight excluding hydrogens is 330 g/mol. The van der Waals surface area contributed by atoms with Gasteiger partial charge in [0.1, 0.15) is 5.69 Å². The summed E-state index contributed by atoms with van der Waals surface area (Å²) in [5.74, 6) is -0.463. The van der Waals surface area contributed by atoms with Crippen LogP contribution in [0.15, 0.2) is 18.3 Å². The lowest BCUT2D eigenvalue weighted by atomic mass is 9.70. The molecule has 3 aliphatic carbocycles. The molecule has 1 aromatic heterocycles. The van der Waals surface area contributed by atoms with Crippen LogP contribution in [-0.2, 0) is 10.0 Å². The number of pyridine rings is 1. The minimum atomic E-state index is -3.70. The van der Waals surface area contributed by atoms with E-state index >= 15 is 0 Å². The molecule has 130 valence electrons. The summed E-state index contributed by atoms with van der Waals surface area (Å²) < 4.78 is 27.3. The van der Waals surface area contributed by atoms with Crippen LogP contribution >= 0.6 is 0 Å². The van der Waals surface area contributed by atoms with Crippen LogP contribution in [0.25, 0.3) is 0 Å². The Morgan fingerprint density at radius 3 is 2.33 bits per heavy atom. The highest BCUT2D eigenvalue weighted by molar-refractivity contribution is 7.90. The van der Waals surface area contributed by atoms with Gasteiger partial charge in [0.15, 0.2) is 0 Å². The fourth-order valence-corrected chi connectivity index (χ4v) is 5.58. The second-order valence-electron chi connectivity index (χ2n) is 6.54. The van der Waals surface area contributed by atoms with Crippen LogP contribution in [0.4, 0.5) is 0 Å². The average Bonchev–Trinajstić information content (AvgIpc) is 2.61. The Balaban J connectivity index is 1.70. The number of rotatable bonds is 4. The largest absolute Gasteiger partial charge is 0.354 e. The van der Waals surface area contributed by atoms with Crippen LogP contribution in [0, 0.1) is 11.8 Å². The molecule has 1 aromatic rings. The van der Waals surface area contributed by atoms with E-state index in [0.717, 1.165) is 25.7 Å². The maximum Gasteiger partial charge on any atom is 0.269 e. The van der Waals surface area contributed by atoms with E-state index in [1.165, 1.54) is 25.4 Å². The van der Waals surface area contributed by atoms with E-state index in [1.807, 2.05) is 0 Å². The maximum atomic E-state index is 12.6. The van der Waals surface area contributed by atoms with E-state index in [9.17, 15) is 18.0 Å². The Bertz CT molecular complexity index is 737. The van der Waals surface area contributed by atoms with Crippen LogP contribution in [0.3, 0.4) is 0 Å². The summed E-state index contributed by atoms with van der Waals surface area (Å²) in [6.07, 6.45) is 5.88. The number of sulfonamides is 1. The van der Waals surface area contributed by atoms with Crippen molar-refractivity contribution in [3.8, 4) is 0 Å². The second-order valence-corrected chi connectivity index (χ2v) is 8.44. The highest BCUT2D eigenvalue weighted by atomic mass is 32.2. The van der Waals surface area contributed by atoms with Crippen molar-refractivity contribution in [3.05, 3.63) is 29.6 Å². The summed E-state index contributed by atoms with van der Waals surface area (Å²) in [5, 5.41) is 1.95. The van der Waals surface area contributed by atoms with E-state index in [1.54, 1.807) is 0 Å². The molecule has 0 aromatic carbocycles. The van der Waals surface area contributed by atoms with Crippen molar-refractivity contribution < 1.29 is 18.0 Å². The molecular formula is C16H21N3O4S. The number of carbonyl (C=O) groups excluding carboxylic acids is 2. The molecule has 2 N–H and O–H groups in total. The lowest BCUT2D eigenvalue weighted by molar-refractivity contribution is 0.0951. The van der Waals surface area contributed by atoms with Gasteiger partial charge >= 0.3 is 0 Å². The Labute approximate surface area is 141 Å². The molecule has 4 rings (SSSR count). The molecule has 7 nitrogen and oxygen atoms in total. The molecule has 0 aliphatic heterocycles. The highest BCUT2D eigenvalue weighted by Gasteiger charge is 2.43. The number of aromatic nitrogens is 1. The van der Waals surface area contributed by atoms with Crippen molar-refractivity contribution in [2.45, 2.75) is 37.4 Å². The number of hydrogen-bond acceptors (Lipinski definition) is 5. The monoisotopic (exact) mass is 351 g/mol. The van der Waals surface area contributed by atoms with Crippen LogP contribution < -0.4 is 10.0 Å². The van der Waals surface area contributed by atoms with E-state index in [2.05, 4.69) is 15.0 Å². The summed E-state index contributed by atoms with van der Waals surface area (Å²) >= 11 is 0. The van der Waals surface area contributed by atoms with Gasteiger partial charge in [-0.1, -0.05) is 12.8 Å². The van der Waals surface area contributed by atoms with Gasteiger partial charge in [-0.15, -0.1) is 0 Å². The van der Waals surface area contributed by atoms with E-state index < -0.39 is 21.2 Å². The normalized spacial score (nSPS) is 26.0. The van der Waals surface area contributed by atoms with E-state index in [-0.39, 0.29) is 23.1 Å². The third-order valence-corrected chi connectivity index (χ3v) is 6.95. The topological polar surface area (TPSA) is 105 Å². The minimum absolute atomic E-state index is 0.118. The smallest absolute Gasteiger partial charge is 0.269 e. The zero-order valence-corrected chi connectivity index (χ0v) is 14.3. The molecule has 8 heteroatoms. The van der Waals surface area contributed by atoms with Crippen molar-refractivity contribution in [2.24, 2.45) is 11.8 Å². The SMILES string of the molecule is CNC(=O)c1ccc(C(=O)NS(=O)(=O)C2CC3CCC2CC3)cn1. The van der Waals surface area contributed by atoms with Crippen LogP contribution in [0.1, 0.15) is 53.0 Å². The average molecular weight is 351 g/mol.